The first kappa shape index (κ1) is 32.8. The van der Waals surface area contributed by atoms with Gasteiger partial charge in [0.15, 0.2) is 5.25 Å². The number of ether oxygens (including phenoxy) is 4. The molecule has 3 atom stereocenters. The predicted octanol–water partition coefficient (Wildman–Crippen LogP) is 4.19. The maximum absolute atomic E-state index is 12.1. The van der Waals surface area contributed by atoms with Gasteiger partial charge in [0, 0.05) is 13.2 Å². The number of esters is 2. The van der Waals surface area contributed by atoms with Crippen LogP contribution < -0.4 is 0 Å². The smallest absolute Gasteiger partial charge is 0.327 e. The number of hydrogen-bond acceptors (Lipinski definition) is 8. The molecule has 10 heteroatoms. The van der Waals surface area contributed by atoms with Crippen LogP contribution in [-0.2, 0) is 38.7 Å². The summed E-state index contributed by atoms with van der Waals surface area (Å²) in [6.07, 6.45) is 7.77. The van der Waals surface area contributed by atoms with E-state index in [-0.39, 0.29) is 26.4 Å². The molecule has 0 rings (SSSR count). The van der Waals surface area contributed by atoms with E-state index in [1.807, 2.05) is 0 Å². The van der Waals surface area contributed by atoms with Crippen LogP contribution in [-0.4, -0.2) is 69.8 Å². The molecule has 0 radical (unpaired) electrons. The molecule has 0 heterocycles. The Hall–Kier alpha value is -1.23. The van der Waals surface area contributed by atoms with E-state index in [2.05, 4.69) is 27.7 Å². The molecule has 0 fully saturated rings. The summed E-state index contributed by atoms with van der Waals surface area (Å²) in [6, 6.07) is 0. The zero-order valence-corrected chi connectivity index (χ0v) is 22.3. The first-order chi connectivity index (χ1) is 16.2. The largest absolute Gasteiger partial charge is 0.463 e. The second-order valence-electron chi connectivity index (χ2n) is 8.58. The molecule has 1 N–H and O–H groups in total. The zero-order valence-electron chi connectivity index (χ0n) is 21.5. The van der Waals surface area contributed by atoms with Crippen molar-refractivity contribution in [1.82, 2.24) is 0 Å². The van der Waals surface area contributed by atoms with Gasteiger partial charge in [-0.05, 0) is 24.7 Å². The highest BCUT2D eigenvalue weighted by Crippen LogP contribution is 2.14. The highest BCUT2D eigenvalue weighted by Gasteiger charge is 2.35. The normalized spacial score (nSPS) is 14.4. The Morgan fingerprint density at radius 3 is 1.65 bits per heavy atom. The summed E-state index contributed by atoms with van der Waals surface area (Å²) in [7, 11) is -4.84. The summed E-state index contributed by atoms with van der Waals surface area (Å²) >= 11 is 0. The fraction of sp³-hybridized carbons (Fsp3) is 0.917. The SMILES string of the molecule is CCCCC(CC)COCCOC(=O)CC(C(=O)OCCOCC(CC)CCCC)S(=O)(=O)O. The topological polar surface area (TPSA) is 125 Å². The molecule has 0 spiro atoms. The van der Waals surface area contributed by atoms with Crippen LogP contribution in [0.15, 0.2) is 0 Å². The molecule has 3 unspecified atom stereocenters. The summed E-state index contributed by atoms with van der Waals surface area (Å²) in [5.74, 6) is -1.27. The lowest BCUT2D eigenvalue weighted by atomic mass is 10.0. The second-order valence-corrected chi connectivity index (χ2v) is 10.2. The molecule has 0 amide bonds. The Balaban J connectivity index is 4.31. The minimum Gasteiger partial charge on any atom is -0.463 e. The van der Waals surface area contributed by atoms with Crippen LogP contribution in [0.2, 0.25) is 0 Å². The lowest BCUT2D eigenvalue weighted by Crippen LogP contribution is -2.35. The molecule has 0 aliphatic rings. The van der Waals surface area contributed by atoms with Crippen molar-refractivity contribution >= 4 is 22.1 Å². The molecule has 0 saturated heterocycles. The van der Waals surface area contributed by atoms with E-state index in [0.717, 1.165) is 51.4 Å². The third-order valence-electron chi connectivity index (χ3n) is 5.73. The Morgan fingerprint density at radius 2 is 1.24 bits per heavy atom. The fourth-order valence-corrected chi connectivity index (χ4v) is 3.98. The van der Waals surface area contributed by atoms with Gasteiger partial charge >= 0.3 is 11.9 Å². The average molecular weight is 511 g/mol. The highest BCUT2D eigenvalue weighted by atomic mass is 32.2. The molecule has 34 heavy (non-hydrogen) atoms. The van der Waals surface area contributed by atoms with Crippen LogP contribution in [0.1, 0.15) is 85.5 Å². The van der Waals surface area contributed by atoms with Gasteiger partial charge in [0.2, 0.25) is 0 Å². The minimum absolute atomic E-state index is 0.0687. The van der Waals surface area contributed by atoms with E-state index in [1.165, 1.54) is 0 Å². The lowest BCUT2D eigenvalue weighted by Gasteiger charge is -2.16. The van der Waals surface area contributed by atoms with Crippen molar-refractivity contribution in [3.63, 3.8) is 0 Å². The Labute approximate surface area is 206 Å². The number of rotatable bonds is 22. The number of carbonyl (C=O) groups excluding carboxylic acids is 2. The molecule has 0 aliphatic carbocycles. The van der Waals surface area contributed by atoms with Gasteiger partial charge in [-0.2, -0.15) is 8.42 Å². The molecule has 0 saturated carbocycles. The summed E-state index contributed by atoms with van der Waals surface area (Å²) in [6.45, 7) is 9.56. The number of unbranched alkanes of at least 4 members (excludes halogenated alkanes) is 2. The highest BCUT2D eigenvalue weighted by molar-refractivity contribution is 7.87. The van der Waals surface area contributed by atoms with Gasteiger partial charge in [-0.15, -0.1) is 0 Å². The van der Waals surface area contributed by atoms with E-state index >= 15 is 0 Å². The predicted molar refractivity (Wildman–Crippen MR) is 130 cm³/mol. The maximum Gasteiger partial charge on any atom is 0.327 e. The van der Waals surface area contributed by atoms with Crippen molar-refractivity contribution in [3.8, 4) is 0 Å². The third kappa shape index (κ3) is 16.4. The van der Waals surface area contributed by atoms with Crippen molar-refractivity contribution in [2.24, 2.45) is 11.8 Å². The molecular formula is C24H46O9S. The summed E-state index contributed by atoms with van der Waals surface area (Å²) < 4.78 is 53.4. The van der Waals surface area contributed by atoms with Crippen LogP contribution in [0.5, 0.6) is 0 Å². The van der Waals surface area contributed by atoms with Gasteiger partial charge in [-0.3, -0.25) is 14.1 Å². The Kier molecular flexibility index (Phi) is 19.3. The van der Waals surface area contributed by atoms with Gasteiger partial charge in [-0.1, -0.05) is 66.2 Å². The third-order valence-corrected chi connectivity index (χ3v) is 6.81. The molecular weight excluding hydrogens is 464 g/mol. The quantitative estimate of drug-likeness (QED) is 0.130. The van der Waals surface area contributed by atoms with Gasteiger partial charge in [-0.25, -0.2) is 0 Å². The van der Waals surface area contributed by atoms with Gasteiger partial charge in [0.25, 0.3) is 10.1 Å². The van der Waals surface area contributed by atoms with E-state index in [0.29, 0.717) is 25.0 Å². The fourth-order valence-electron chi connectivity index (χ4n) is 3.33. The monoisotopic (exact) mass is 510 g/mol. The molecule has 9 nitrogen and oxygen atoms in total. The summed E-state index contributed by atoms with van der Waals surface area (Å²) in [4.78, 5) is 24.1. The molecule has 0 aromatic carbocycles. The van der Waals surface area contributed by atoms with Crippen molar-refractivity contribution in [3.05, 3.63) is 0 Å². The van der Waals surface area contributed by atoms with Crippen LogP contribution in [0, 0.1) is 11.8 Å². The standard InChI is InChI=1S/C24H46O9S/c1-5-9-11-20(7-3)18-30-13-15-32-23(25)17-22(34(27,28)29)24(26)33-16-14-31-19-21(8-4)12-10-6-2/h20-22H,5-19H2,1-4H3,(H,27,28,29). The number of carbonyl (C=O) groups is 2. The van der Waals surface area contributed by atoms with Gasteiger partial charge in [0.05, 0.1) is 19.6 Å². The molecule has 0 bridgehead atoms. The Morgan fingerprint density at radius 1 is 0.765 bits per heavy atom. The molecule has 0 aliphatic heterocycles. The summed E-state index contributed by atoms with van der Waals surface area (Å²) in [5, 5.41) is -2.03. The van der Waals surface area contributed by atoms with E-state index < -0.39 is 33.7 Å². The van der Waals surface area contributed by atoms with Crippen molar-refractivity contribution in [1.29, 1.82) is 0 Å². The zero-order chi connectivity index (χ0) is 25.8. The first-order valence-electron chi connectivity index (χ1n) is 12.6. The summed E-state index contributed by atoms with van der Waals surface area (Å²) in [5.41, 5.74) is 0. The number of hydrogen-bond donors (Lipinski definition) is 1. The minimum atomic E-state index is -4.84. The van der Waals surface area contributed by atoms with Crippen LogP contribution in [0.3, 0.4) is 0 Å². The van der Waals surface area contributed by atoms with E-state index in [1.54, 1.807) is 0 Å². The van der Waals surface area contributed by atoms with E-state index in [9.17, 15) is 22.6 Å². The van der Waals surface area contributed by atoms with Gasteiger partial charge < -0.3 is 18.9 Å². The molecule has 0 aromatic heterocycles. The van der Waals surface area contributed by atoms with E-state index in [4.69, 9.17) is 18.9 Å². The molecule has 0 aromatic rings. The molecule has 202 valence electrons. The van der Waals surface area contributed by atoms with Crippen LogP contribution in [0.25, 0.3) is 0 Å². The van der Waals surface area contributed by atoms with Crippen molar-refractivity contribution < 1.29 is 41.5 Å². The van der Waals surface area contributed by atoms with Crippen molar-refractivity contribution in [2.75, 3.05) is 39.6 Å². The van der Waals surface area contributed by atoms with Gasteiger partial charge in [0.1, 0.15) is 13.2 Å². The maximum atomic E-state index is 12.1. The van der Waals surface area contributed by atoms with Crippen LogP contribution in [0.4, 0.5) is 0 Å². The average Bonchev–Trinajstić information content (AvgIpc) is 2.80. The lowest BCUT2D eigenvalue weighted by molar-refractivity contribution is -0.151. The Bertz CT molecular complexity index is 636. The second kappa shape index (κ2) is 20.0. The first-order valence-corrected chi connectivity index (χ1v) is 14.1. The van der Waals surface area contributed by atoms with Crippen LogP contribution >= 0.6 is 0 Å². The van der Waals surface area contributed by atoms with Crippen molar-refractivity contribution in [2.45, 2.75) is 90.7 Å².